The average Bonchev–Trinajstić information content (AvgIpc) is 3.08. The van der Waals surface area contributed by atoms with E-state index >= 15 is 0 Å². The quantitative estimate of drug-likeness (QED) is 0.904. The van der Waals surface area contributed by atoms with Gasteiger partial charge in [0.2, 0.25) is 0 Å². The van der Waals surface area contributed by atoms with Crippen LogP contribution in [0.5, 0.6) is 0 Å². The molecule has 3 rings (SSSR count). The fourth-order valence-electron chi connectivity index (χ4n) is 3.88. The maximum Gasteiger partial charge on any atom is 0.317 e. The van der Waals surface area contributed by atoms with Crippen LogP contribution in [0.2, 0.25) is 0 Å². The first-order valence-electron chi connectivity index (χ1n) is 8.91. The van der Waals surface area contributed by atoms with Crippen molar-refractivity contribution in [1.82, 2.24) is 15.1 Å². The van der Waals surface area contributed by atoms with E-state index in [0.717, 1.165) is 25.9 Å². The lowest BCUT2D eigenvalue weighted by atomic mass is 9.92. The number of amides is 3. The number of hydrogen-bond acceptors (Lipinski definition) is 3. The second kappa shape index (κ2) is 7.28. The summed E-state index contributed by atoms with van der Waals surface area (Å²) in [5, 5.41) is 3.15. The van der Waals surface area contributed by atoms with Crippen molar-refractivity contribution >= 4 is 11.9 Å². The van der Waals surface area contributed by atoms with Gasteiger partial charge in [-0.05, 0) is 43.2 Å². The van der Waals surface area contributed by atoms with E-state index < -0.39 is 0 Å². The SMILES string of the molecule is CC1CC(C)CN(C(=O)NC2CCN(C(=O)c3ccco3)CC2)C1. The summed E-state index contributed by atoms with van der Waals surface area (Å²) in [5.41, 5.74) is 0. The summed E-state index contributed by atoms with van der Waals surface area (Å²) in [6.07, 6.45) is 4.28. The number of hydrogen-bond donors (Lipinski definition) is 1. The van der Waals surface area contributed by atoms with E-state index in [9.17, 15) is 9.59 Å². The first kappa shape index (κ1) is 16.9. The Morgan fingerprint density at radius 3 is 2.38 bits per heavy atom. The van der Waals surface area contributed by atoms with Crippen molar-refractivity contribution in [2.75, 3.05) is 26.2 Å². The van der Waals surface area contributed by atoms with E-state index in [2.05, 4.69) is 19.2 Å². The molecule has 0 bridgehead atoms. The van der Waals surface area contributed by atoms with Crippen molar-refractivity contribution in [3.05, 3.63) is 24.2 Å². The molecule has 6 nitrogen and oxygen atoms in total. The first-order chi connectivity index (χ1) is 11.5. The topological polar surface area (TPSA) is 65.8 Å². The van der Waals surface area contributed by atoms with Gasteiger partial charge in [-0.25, -0.2) is 4.79 Å². The van der Waals surface area contributed by atoms with Gasteiger partial charge in [0.15, 0.2) is 5.76 Å². The van der Waals surface area contributed by atoms with Crippen molar-refractivity contribution < 1.29 is 14.0 Å². The third-order valence-corrected chi connectivity index (χ3v) is 5.00. The van der Waals surface area contributed by atoms with Crippen LogP contribution in [0.3, 0.4) is 0 Å². The summed E-state index contributed by atoms with van der Waals surface area (Å²) in [6.45, 7) is 7.38. The number of piperidine rings is 2. The smallest absolute Gasteiger partial charge is 0.317 e. The number of rotatable bonds is 2. The zero-order valence-corrected chi connectivity index (χ0v) is 14.5. The van der Waals surface area contributed by atoms with Crippen LogP contribution in [0.25, 0.3) is 0 Å². The van der Waals surface area contributed by atoms with Crippen LogP contribution >= 0.6 is 0 Å². The van der Waals surface area contributed by atoms with Crippen molar-refractivity contribution in [2.24, 2.45) is 11.8 Å². The molecule has 6 heteroatoms. The van der Waals surface area contributed by atoms with Gasteiger partial charge in [0.05, 0.1) is 6.26 Å². The summed E-state index contributed by atoms with van der Waals surface area (Å²) in [4.78, 5) is 28.5. The van der Waals surface area contributed by atoms with Gasteiger partial charge in [0, 0.05) is 32.2 Å². The van der Waals surface area contributed by atoms with Gasteiger partial charge in [-0.3, -0.25) is 4.79 Å². The Labute approximate surface area is 143 Å². The molecule has 0 aliphatic carbocycles. The Balaban J connectivity index is 1.47. The minimum atomic E-state index is -0.0662. The monoisotopic (exact) mass is 333 g/mol. The maximum atomic E-state index is 12.5. The highest BCUT2D eigenvalue weighted by atomic mass is 16.3. The molecule has 2 fully saturated rings. The van der Waals surface area contributed by atoms with Gasteiger partial charge in [-0.15, -0.1) is 0 Å². The summed E-state index contributed by atoms with van der Waals surface area (Å²) < 4.78 is 5.17. The molecule has 1 N–H and O–H groups in total. The number of nitrogens with one attached hydrogen (secondary N) is 1. The Kier molecular flexibility index (Phi) is 5.11. The predicted molar refractivity (Wildman–Crippen MR) is 90.7 cm³/mol. The molecule has 1 aromatic rings. The van der Waals surface area contributed by atoms with Crippen molar-refractivity contribution in [1.29, 1.82) is 0 Å². The molecule has 0 saturated carbocycles. The molecule has 3 heterocycles. The summed E-state index contributed by atoms with van der Waals surface area (Å²) in [6, 6.07) is 3.60. The fraction of sp³-hybridized carbons (Fsp3) is 0.667. The van der Waals surface area contributed by atoms with Crippen molar-refractivity contribution in [2.45, 2.75) is 39.2 Å². The molecule has 0 aromatic carbocycles. The number of nitrogens with zero attached hydrogens (tertiary/aromatic N) is 2. The molecule has 24 heavy (non-hydrogen) atoms. The van der Waals surface area contributed by atoms with Gasteiger partial charge in [-0.2, -0.15) is 0 Å². The maximum absolute atomic E-state index is 12.5. The minimum absolute atomic E-state index is 0.0456. The standard InChI is InChI=1S/C18H27N3O3/c1-13-10-14(2)12-21(11-13)18(23)19-15-5-7-20(8-6-15)17(22)16-4-3-9-24-16/h3-4,9,13-15H,5-8,10-12H2,1-2H3,(H,19,23). The van der Waals surface area contributed by atoms with E-state index in [1.165, 1.54) is 12.7 Å². The van der Waals surface area contributed by atoms with Gasteiger partial charge >= 0.3 is 6.03 Å². The highest BCUT2D eigenvalue weighted by molar-refractivity contribution is 5.91. The Morgan fingerprint density at radius 1 is 1.12 bits per heavy atom. The molecular formula is C18H27N3O3. The highest BCUT2D eigenvalue weighted by Crippen LogP contribution is 2.21. The summed E-state index contributed by atoms with van der Waals surface area (Å²) >= 11 is 0. The molecule has 2 aliphatic rings. The third-order valence-electron chi connectivity index (χ3n) is 5.00. The number of carbonyl (C=O) groups is 2. The van der Waals surface area contributed by atoms with Gasteiger partial charge in [-0.1, -0.05) is 13.8 Å². The average molecular weight is 333 g/mol. The lowest BCUT2D eigenvalue weighted by Gasteiger charge is -2.37. The van der Waals surface area contributed by atoms with Crippen LogP contribution in [-0.2, 0) is 0 Å². The van der Waals surface area contributed by atoms with E-state index in [4.69, 9.17) is 4.42 Å². The van der Waals surface area contributed by atoms with Gasteiger partial charge < -0.3 is 19.5 Å². The zero-order chi connectivity index (χ0) is 17.1. The van der Waals surface area contributed by atoms with Crippen LogP contribution in [0, 0.1) is 11.8 Å². The summed E-state index contributed by atoms with van der Waals surface area (Å²) in [7, 11) is 0. The molecule has 1 aromatic heterocycles. The number of furan rings is 1. The molecule has 132 valence electrons. The molecule has 0 spiro atoms. The Morgan fingerprint density at radius 2 is 1.79 bits per heavy atom. The van der Waals surface area contributed by atoms with Crippen molar-refractivity contribution in [3.8, 4) is 0 Å². The molecule has 2 saturated heterocycles. The Bertz CT molecular complexity index is 554. The second-order valence-electron chi connectivity index (χ2n) is 7.34. The normalized spacial score (nSPS) is 25.6. The molecule has 2 aliphatic heterocycles. The highest BCUT2D eigenvalue weighted by Gasteiger charge is 2.29. The van der Waals surface area contributed by atoms with E-state index in [0.29, 0.717) is 30.7 Å². The first-order valence-corrected chi connectivity index (χ1v) is 8.91. The largest absolute Gasteiger partial charge is 0.459 e. The van der Waals surface area contributed by atoms with E-state index in [-0.39, 0.29) is 18.0 Å². The van der Waals surface area contributed by atoms with Crippen LogP contribution in [0.15, 0.2) is 22.8 Å². The van der Waals surface area contributed by atoms with Gasteiger partial charge in [0.1, 0.15) is 0 Å². The third kappa shape index (κ3) is 3.91. The lowest BCUT2D eigenvalue weighted by Crippen LogP contribution is -2.53. The minimum Gasteiger partial charge on any atom is -0.459 e. The van der Waals surface area contributed by atoms with E-state index in [1.54, 1.807) is 17.0 Å². The molecule has 3 amide bonds. The van der Waals surface area contributed by atoms with E-state index in [1.807, 2.05) is 4.90 Å². The number of likely N-dealkylation sites (tertiary alicyclic amines) is 2. The fourth-order valence-corrected chi connectivity index (χ4v) is 3.88. The molecule has 2 atom stereocenters. The second-order valence-corrected chi connectivity index (χ2v) is 7.34. The van der Waals surface area contributed by atoms with Crippen LogP contribution < -0.4 is 5.32 Å². The Hall–Kier alpha value is -1.98. The lowest BCUT2D eigenvalue weighted by molar-refractivity contribution is 0.0672. The van der Waals surface area contributed by atoms with Crippen LogP contribution in [0.1, 0.15) is 43.7 Å². The number of urea groups is 1. The van der Waals surface area contributed by atoms with Crippen LogP contribution in [-0.4, -0.2) is 54.0 Å². The predicted octanol–water partition coefficient (Wildman–Crippen LogP) is 2.57. The molecular weight excluding hydrogens is 306 g/mol. The molecule has 0 radical (unpaired) electrons. The van der Waals surface area contributed by atoms with Crippen LogP contribution in [0.4, 0.5) is 4.79 Å². The molecule has 2 unspecified atom stereocenters. The van der Waals surface area contributed by atoms with Crippen molar-refractivity contribution in [3.63, 3.8) is 0 Å². The van der Waals surface area contributed by atoms with Gasteiger partial charge in [0.25, 0.3) is 5.91 Å². The summed E-state index contributed by atoms with van der Waals surface area (Å²) in [5.74, 6) is 1.44. The number of carbonyl (C=O) groups excluding carboxylic acids is 2. The zero-order valence-electron chi connectivity index (χ0n) is 14.5.